The Balaban J connectivity index is 0.000000255. The van der Waals surface area contributed by atoms with E-state index in [1.165, 1.54) is 82.5 Å². The molecule has 746 valence electrons. The molecule has 5 fully saturated rings. The Morgan fingerprint density at radius 1 is 0.417 bits per heavy atom. The maximum atomic E-state index is 12.4. The third-order valence-corrected chi connectivity index (χ3v) is 30.3. The second-order valence-corrected chi connectivity index (χ2v) is 60.6. The maximum Gasteiger partial charge on any atom is 0.330 e. The van der Waals surface area contributed by atoms with Crippen molar-refractivity contribution in [1.29, 1.82) is 0 Å². The van der Waals surface area contributed by atoms with E-state index in [1.54, 1.807) is 6.20 Å². The van der Waals surface area contributed by atoms with E-state index in [-0.39, 0.29) is 22.4 Å². The summed E-state index contributed by atoms with van der Waals surface area (Å²) in [6.07, 6.45) is 24.8. The molecule has 0 aromatic carbocycles. The highest BCUT2D eigenvalue weighted by atomic mass is 32.1. The van der Waals surface area contributed by atoms with Crippen LogP contribution in [-0.2, 0) is 73.4 Å². The first kappa shape index (κ1) is 115. The molecular formula is C89H150N13O24P5S. The number of aryl methyl sites for hydroxylation is 2. The molecule has 5 unspecified atom stereocenters. The van der Waals surface area contributed by atoms with E-state index in [0.717, 1.165) is 45.5 Å². The predicted molar refractivity (Wildman–Crippen MR) is 539 cm³/mol. The number of nitrogens with zero attached hydrogens (tertiary/aromatic N) is 6. The van der Waals surface area contributed by atoms with Crippen molar-refractivity contribution in [2.75, 3.05) is 131 Å². The van der Waals surface area contributed by atoms with Gasteiger partial charge in [0.15, 0.2) is 23.5 Å². The number of aliphatic hydroxyl groups is 8. The van der Waals surface area contributed by atoms with Crippen LogP contribution in [0.25, 0.3) is 0 Å². The molecule has 37 nitrogen and oxygen atoms in total. The molecule has 10 heterocycles. The molecule has 15 N–H and O–H groups in total. The Labute approximate surface area is 778 Å². The Kier molecular flexibility index (Phi) is 43.8. The van der Waals surface area contributed by atoms with E-state index in [9.17, 15) is 84.0 Å². The second kappa shape index (κ2) is 50.4. The van der Waals surface area contributed by atoms with Crippen molar-refractivity contribution in [3.8, 4) is 0 Å². The summed E-state index contributed by atoms with van der Waals surface area (Å²) >= 11 is 5.26. The zero-order chi connectivity index (χ0) is 99.5. The molecular weight excluding hydrogens is 1820 g/mol. The van der Waals surface area contributed by atoms with Crippen molar-refractivity contribution in [1.82, 2.24) is 63.3 Å². The van der Waals surface area contributed by atoms with Crippen LogP contribution in [0.2, 0.25) is 0 Å². The van der Waals surface area contributed by atoms with Gasteiger partial charge in [-0.3, -0.25) is 62.2 Å². The van der Waals surface area contributed by atoms with E-state index in [0.29, 0.717) is 93.6 Å². The number of aromatic amines is 4. The number of H-pyrrole nitrogens is 4. The third-order valence-electron chi connectivity index (χ3n) is 22.6. The minimum Gasteiger partial charge on any atom is -0.388 e. The molecule has 10 rings (SSSR count). The van der Waals surface area contributed by atoms with Gasteiger partial charge in [-0.25, -0.2) is 19.2 Å². The Morgan fingerprint density at radius 2 is 0.742 bits per heavy atom. The fraction of sp³-hybridized carbons (Fsp3) is 0.652. The second-order valence-electron chi connectivity index (χ2n) is 38.6. The van der Waals surface area contributed by atoms with Crippen molar-refractivity contribution in [3.05, 3.63) is 192 Å². The van der Waals surface area contributed by atoms with Gasteiger partial charge in [-0.15, -0.1) is 65.9 Å². The molecule has 0 spiro atoms. The maximum absolute atomic E-state index is 12.4. The molecule has 0 amide bonds. The van der Waals surface area contributed by atoms with Crippen molar-refractivity contribution in [2.24, 2.45) is 14.1 Å². The third kappa shape index (κ3) is 33.9. The minimum atomic E-state index is -1.30. The molecule has 5 aliphatic rings. The first-order valence-corrected chi connectivity index (χ1v) is 59.7. The topological polar surface area (TPSA) is 509 Å². The van der Waals surface area contributed by atoms with Crippen LogP contribution in [0.3, 0.4) is 0 Å². The number of ether oxygens (including phenoxy) is 7. The number of aromatic nitrogens is 10. The number of allylic oxidation sites excluding steroid dienone is 3. The summed E-state index contributed by atoms with van der Waals surface area (Å²) in [5.41, 5.74) is 0.815. The van der Waals surface area contributed by atoms with Crippen molar-refractivity contribution in [2.45, 2.75) is 229 Å². The predicted octanol–water partition coefficient (Wildman–Crippen LogP) is 2.77. The first-order chi connectivity index (χ1) is 61.2. The van der Waals surface area contributed by atoms with Gasteiger partial charge in [0.1, 0.15) is 73.2 Å². The van der Waals surface area contributed by atoms with Crippen molar-refractivity contribution < 1.29 is 74.0 Å². The summed E-state index contributed by atoms with van der Waals surface area (Å²) in [7, 11) is 5.86. The number of hydrogen-bond acceptors (Lipinski definition) is 28. The molecule has 132 heavy (non-hydrogen) atoms. The Morgan fingerprint density at radius 3 is 1.13 bits per heavy atom. The van der Waals surface area contributed by atoms with Crippen LogP contribution in [0.15, 0.2) is 109 Å². The molecule has 5 aromatic heterocycles. The van der Waals surface area contributed by atoms with Crippen LogP contribution in [0.5, 0.6) is 0 Å². The number of rotatable bonds is 35. The highest BCUT2D eigenvalue weighted by Crippen LogP contribution is 2.45. The average molecular weight is 1970 g/mol. The summed E-state index contributed by atoms with van der Waals surface area (Å²) in [5.74, 6) is 0. The van der Waals surface area contributed by atoms with E-state index in [2.05, 4.69) is 134 Å². The number of methoxy groups -OCH3 is 2. The van der Waals surface area contributed by atoms with Gasteiger partial charge in [-0.05, 0) is 190 Å². The fourth-order valence-corrected chi connectivity index (χ4v) is 19.9. The average Bonchev–Trinajstić information content (AvgIpc) is 1.53. The van der Waals surface area contributed by atoms with E-state index >= 15 is 0 Å². The molecule has 5 saturated heterocycles. The number of nitrogens with one attached hydrogen (secondary N) is 7. The van der Waals surface area contributed by atoms with Crippen LogP contribution in [0.1, 0.15) is 139 Å². The van der Waals surface area contributed by atoms with Gasteiger partial charge in [0, 0.05) is 122 Å². The normalized spacial score (nSPS) is 26.0. The molecule has 0 bridgehead atoms. The van der Waals surface area contributed by atoms with Crippen LogP contribution >= 0.6 is 46.6 Å². The summed E-state index contributed by atoms with van der Waals surface area (Å²) in [5, 5.41) is 92.7. The van der Waals surface area contributed by atoms with Crippen molar-refractivity contribution >= 4 is 78.1 Å². The summed E-state index contributed by atoms with van der Waals surface area (Å²) in [6.45, 7) is 31.7. The van der Waals surface area contributed by atoms with Crippen LogP contribution in [0, 0.1) is 4.77 Å². The smallest absolute Gasteiger partial charge is 0.330 e. The van der Waals surface area contributed by atoms with Crippen LogP contribution in [0.4, 0.5) is 0 Å². The molecule has 5 aromatic rings. The van der Waals surface area contributed by atoms with Gasteiger partial charge >= 0.3 is 22.8 Å². The largest absolute Gasteiger partial charge is 0.388 e. The highest BCUT2D eigenvalue weighted by molar-refractivity contribution is 7.73. The molecule has 20 atom stereocenters. The quantitative estimate of drug-likeness (QED) is 0.0120. The summed E-state index contributed by atoms with van der Waals surface area (Å²) in [6, 6.07) is 0. The van der Waals surface area contributed by atoms with Crippen molar-refractivity contribution in [3.63, 3.8) is 0 Å². The highest BCUT2D eigenvalue weighted by Gasteiger charge is 2.50. The zero-order valence-corrected chi connectivity index (χ0v) is 85.9. The fourth-order valence-electron chi connectivity index (χ4n) is 14.9. The Hall–Kier alpha value is -6.18. The first-order valence-electron chi connectivity index (χ1n) is 44.0. The SMILES string of the molecule is C=P(C)(C)CC[C@H]1OC(c2cn(C)c(=O)n(C)c2=O)[C@H](O)[C@@H]1O.C=P(C)(C)CC[C@H]1OC(c2cn(CC)c(=O)[nH]c2=O)[C@H](OC)[C@@H]1O.C=P(C)(C)CC[C@H]1OC(n2cc(CNCC=C(C)C)c(=O)[nH]c2=O)[C@H](O)[C@@H]1O.C=P(C)(C)CC[C@H]1OC(n2cc(CNCC=C(C)C)c(=O)[nH]c2=O)[C@H](OC)[C@@H]1O.C=P(C)(C)CC[C@H]1OC(n2cc(CNCC=C(C)C)c(=O)[nH]c2=S)[C@H](O)[C@@H]1O. The number of hydrogen-bond donors (Lipinski definition) is 15. The molecule has 0 saturated carbocycles. The molecule has 5 aliphatic heterocycles. The van der Waals surface area contributed by atoms with Crippen LogP contribution in [-0.4, -0.2) is 343 Å². The van der Waals surface area contributed by atoms with Gasteiger partial charge in [0.2, 0.25) is 0 Å². The Bertz CT molecular complexity index is 5550. The van der Waals surface area contributed by atoms with E-state index in [4.69, 9.17) is 45.4 Å². The molecule has 0 aliphatic carbocycles. The standard InChI is InChI=1S/C20H34N3O5P.C19H32N3O5P.C19H32N3O4PS.C16H27N2O5P.C15H25N2O5P/c1-13(2)7-9-21-11-14-12-23(20(26)22-18(14)25)19-17(27-3)16(24)15(28-19)8-10-29(4,5)6;1-12(2)6-8-20-10-13-11-22(19(26)21-17(13)25)18-16(24)15(23)14(27-18)7-9-28(3,4)5;1-12(2)6-8-20-10-13-11-22(19(28)21-17(13)25)18-16(24)15(23)14(26-18)7-9-27(3,4)5;1-6-18-9-10(15(20)17-16(18)21)13-14(22-2)12(19)11(23-13)7-8-24(3,4)5;1-16-8-9(14(20)17(2)15(16)21)13-12(19)11(18)10(22-13)6-7-23(3,4)5/h7,12,15-17,19,21,24H,4,8-11H2,1-3,5-6H3,(H,22,25,26);6,11,14-16,18,20,23-24H,3,7-10H2,1-2,4-5H3,(H,21,25,26);6,11,14-16,18,20,23-24H,3,7-10H2,1-2,4-5H3,(H,21,25,28);9,11-14,19H,3,6-8H2,1-2,4-5H3,(H,17,20,21);8,10-13,18-19H,3,6-7H2,1-2,4-5H3/t15-,16-,17-,19?;2*14-,15-,16-,18?;11-,12-,13?,14-;10-,11-,12-,13?/m11111/s1. The summed E-state index contributed by atoms with van der Waals surface area (Å²) < 4.78 is 48.1. The van der Waals surface area contributed by atoms with E-state index < -0.39 is 202 Å². The van der Waals surface area contributed by atoms with Gasteiger partial charge < -0.3 is 99.1 Å². The minimum absolute atomic E-state index is 0.153. The monoisotopic (exact) mass is 1970 g/mol. The van der Waals surface area contributed by atoms with Gasteiger partial charge in [-0.1, -0.05) is 34.9 Å². The lowest BCUT2D eigenvalue weighted by molar-refractivity contribution is -0.0542. The lowest BCUT2D eigenvalue weighted by atomic mass is 10.0. The van der Waals surface area contributed by atoms with Gasteiger partial charge in [-0.2, -0.15) is 0 Å². The zero-order valence-electron chi connectivity index (χ0n) is 80.7. The lowest BCUT2D eigenvalue weighted by Crippen LogP contribution is -2.40. The molecule has 43 heteroatoms. The van der Waals surface area contributed by atoms with Crippen LogP contribution < -0.4 is 66.5 Å². The molecule has 0 radical (unpaired) electrons. The number of aliphatic hydroxyl groups excluding tert-OH is 8. The van der Waals surface area contributed by atoms with Gasteiger partial charge in [0.05, 0.1) is 41.6 Å². The van der Waals surface area contributed by atoms with E-state index in [1.807, 2.05) is 66.7 Å². The van der Waals surface area contributed by atoms with Gasteiger partial charge in [0.25, 0.3) is 27.8 Å². The lowest BCUT2D eigenvalue weighted by Gasteiger charge is -2.21. The summed E-state index contributed by atoms with van der Waals surface area (Å²) in [4.78, 5) is 119.